The number of nitrogens with one attached hydrogen (secondary N) is 2. The van der Waals surface area contributed by atoms with Gasteiger partial charge in [0.15, 0.2) is 0 Å². The molecule has 2 N–H and O–H groups in total. The minimum absolute atomic E-state index is 0.0753. The first kappa shape index (κ1) is 13.4. The van der Waals surface area contributed by atoms with Crippen molar-refractivity contribution in [1.29, 1.82) is 0 Å². The molecule has 1 aliphatic carbocycles. The Kier molecular flexibility index (Phi) is 3.37. The average molecular weight is 338 g/mol. The van der Waals surface area contributed by atoms with Gasteiger partial charge in [0, 0.05) is 17.2 Å². The third kappa shape index (κ3) is 2.15. The lowest BCUT2D eigenvalue weighted by Gasteiger charge is -2.40. The number of nitrogens with zero attached hydrogens (tertiary/aromatic N) is 3. The van der Waals surface area contributed by atoms with E-state index in [4.69, 9.17) is 0 Å². The molecule has 2 aromatic heterocycles. The minimum atomic E-state index is -0.386. The van der Waals surface area contributed by atoms with Gasteiger partial charge in [0.25, 0.3) is 5.91 Å². The van der Waals surface area contributed by atoms with E-state index in [-0.39, 0.29) is 11.4 Å². The van der Waals surface area contributed by atoms with E-state index < -0.39 is 0 Å². The van der Waals surface area contributed by atoms with Gasteiger partial charge < -0.3 is 9.88 Å². The van der Waals surface area contributed by atoms with Crippen LogP contribution in [0, 0.1) is 0 Å². The summed E-state index contributed by atoms with van der Waals surface area (Å²) >= 11 is 3.41. The molecule has 0 aliphatic heterocycles. The number of aromatic amines is 1. The highest BCUT2D eigenvalue weighted by atomic mass is 79.9. The summed E-state index contributed by atoms with van der Waals surface area (Å²) in [6.45, 7) is 2.77. The molecule has 0 radical (unpaired) electrons. The van der Waals surface area contributed by atoms with E-state index in [1.54, 1.807) is 0 Å². The van der Waals surface area contributed by atoms with Gasteiger partial charge in [0.1, 0.15) is 17.8 Å². The van der Waals surface area contributed by atoms with Crippen molar-refractivity contribution in [2.75, 3.05) is 0 Å². The highest BCUT2D eigenvalue weighted by molar-refractivity contribution is 9.10. The summed E-state index contributed by atoms with van der Waals surface area (Å²) in [7, 11) is 0. The summed E-state index contributed by atoms with van der Waals surface area (Å²) in [5.41, 5.74) is 0.272. The van der Waals surface area contributed by atoms with Crippen molar-refractivity contribution in [3.63, 3.8) is 0 Å². The summed E-state index contributed by atoms with van der Waals surface area (Å²) in [6, 6.07) is 1.84. The van der Waals surface area contributed by atoms with E-state index in [0.29, 0.717) is 5.69 Å². The van der Waals surface area contributed by atoms with Crippen LogP contribution in [0.4, 0.5) is 0 Å². The molecule has 6 nitrogen and oxygen atoms in total. The van der Waals surface area contributed by atoms with Crippen LogP contribution in [-0.4, -0.2) is 25.7 Å². The number of halogens is 1. The minimum Gasteiger partial charge on any atom is -0.343 e. The Labute approximate surface area is 125 Å². The maximum absolute atomic E-state index is 12.5. The first-order valence-electron chi connectivity index (χ1n) is 6.68. The van der Waals surface area contributed by atoms with Crippen LogP contribution >= 0.6 is 15.9 Å². The molecule has 1 aliphatic rings. The molecule has 106 valence electrons. The van der Waals surface area contributed by atoms with Crippen molar-refractivity contribution in [2.45, 2.75) is 38.3 Å². The van der Waals surface area contributed by atoms with Crippen molar-refractivity contribution in [2.24, 2.45) is 0 Å². The molecule has 1 fully saturated rings. The summed E-state index contributed by atoms with van der Waals surface area (Å²) in [5, 5.41) is 9.89. The Balaban J connectivity index is 1.85. The molecule has 0 spiro atoms. The Bertz CT molecular complexity index is 615. The molecule has 20 heavy (non-hydrogen) atoms. The maximum Gasteiger partial charge on any atom is 0.268 e. The number of carbonyl (C=O) groups is 1. The molecule has 3 rings (SSSR count). The van der Waals surface area contributed by atoms with E-state index in [0.717, 1.165) is 36.1 Å². The molecule has 0 aromatic carbocycles. The maximum atomic E-state index is 12.5. The van der Waals surface area contributed by atoms with Crippen molar-refractivity contribution < 1.29 is 4.79 Å². The van der Waals surface area contributed by atoms with Gasteiger partial charge in [-0.25, -0.2) is 4.98 Å². The topological polar surface area (TPSA) is 75.6 Å². The quantitative estimate of drug-likeness (QED) is 0.897. The number of rotatable bonds is 4. The summed E-state index contributed by atoms with van der Waals surface area (Å²) < 4.78 is 2.83. The van der Waals surface area contributed by atoms with E-state index in [1.165, 1.54) is 6.33 Å². The second kappa shape index (κ2) is 5.05. The van der Waals surface area contributed by atoms with E-state index in [1.807, 2.05) is 23.8 Å². The number of amides is 1. The summed E-state index contributed by atoms with van der Waals surface area (Å²) in [4.78, 5) is 16.7. The number of aromatic nitrogens is 4. The van der Waals surface area contributed by atoms with Crippen molar-refractivity contribution >= 4 is 21.8 Å². The van der Waals surface area contributed by atoms with E-state index in [2.05, 4.69) is 36.4 Å². The second-order valence-electron chi connectivity index (χ2n) is 5.05. The van der Waals surface area contributed by atoms with Crippen LogP contribution in [0.3, 0.4) is 0 Å². The highest BCUT2D eigenvalue weighted by Gasteiger charge is 2.43. The normalized spacial score (nSPS) is 16.7. The van der Waals surface area contributed by atoms with Crippen LogP contribution in [0.1, 0.15) is 42.5 Å². The second-order valence-corrected chi connectivity index (χ2v) is 5.97. The fourth-order valence-electron chi connectivity index (χ4n) is 2.60. The van der Waals surface area contributed by atoms with Gasteiger partial charge in [-0.3, -0.25) is 9.89 Å². The smallest absolute Gasteiger partial charge is 0.268 e. The Morgan fingerprint density at radius 1 is 1.60 bits per heavy atom. The van der Waals surface area contributed by atoms with Crippen LogP contribution in [0.2, 0.25) is 0 Å². The van der Waals surface area contributed by atoms with Gasteiger partial charge in [-0.15, -0.1) is 0 Å². The molecule has 7 heteroatoms. The molecular formula is C13H16BrN5O. The standard InChI is InChI=1S/C13H16BrN5O/c1-2-19-7-9(14)6-10(19)11(20)17-13(4-3-5-13)12-15-8-16-18-12/h6-8H,2-5H2,1H3,(H,17,20)(H,15,16,18). The number of H-pyrrole nitrogens is 1. The van der Waals surface area contributed by atoms with Crippen molar-refractivity contribution in [1.82, 2.24) is 25.1 Å². The van der Waals surface area contributed by atoms with Gasteiger partial charge in [-0.1, -0.05) is 0 Å². The molecular weight excluding hydrogens is 322 g/mol. The van der Waals surface area contributed by atoms with Crippen LogP contribution in [0.25, 0.3) is 0 Å². The Hall–Kier alpha value is -1.63. The Morgan fingerprint density at radius 2 is 2.40 bits per heavy atom. The number of hydrogen-bond donors (Lipinski definition) is 2. The molecule has 1 saturated carbocycles. The third-order valence-electron chi connectivity index (χ3n) is 3.86. The fourth-order valence-corrected chi connectivity index (χ4v) is 3.06. The lowest BCUT2D eigenvalue weighted by Crippen LogP contribution is -2.51. The number of carbonyl (C=O) groups excluding carboxylic acids is 1. The first-order chi connectivity index (χ1) is 9.64. The summed E-state index contributed by atoms with van der Waals surface area (Å²) in [6.07, 6.45) is 6.26. The first-order valence-corrected chi connectivity index (χ1v) is 7.48. The zero-order valence-corrected chi connectivity index (χ0v) is 12.8. The van der Waals surface area contributed by atoms with Gasteiger partial charge in [-0.2, -0.15) is 5.10 Å². The molecule has 2 heterocycles. The van der Waals surface area contributed by atoms with E-state index >= 15 is 0 Å². The lowest BCUT2D eigenvalue weighted by molar-refractivity contribution is 0.0800. The van der Waals surface area contributed by atoms with Gasteiger partial charge in [-0.05, 0) is 48.2 Å². The fraction of sp³-hybridized carbons (Fsp3) is 0.462. The predicted octanol–water partition coefficient (Wildman–Crippen LogP) is 2.20. The van der Waals surface area contributed by atoms with Gasteiger partial charge in [0.2, 0.25) is 0 Å². The number of hydrogen-bond acceptors (Lipinski definition) is 3. The molecule has 2 aromatic rings. The third-order valence-corrected chi connectivity index (χ3v) is 4.30. The zero-order valence-electron chi connectivity index (χ0n) is 11.2. The molecule has 0 unspecified atom stereocenters. The van der Waals surface area contributed by atoms with Crippen LogP contribution in [0.5, 0.6) is 0 Å². The van der Waals surface area contributed by atoms with Gasteiger partial charge in [0.05, 0.1) is 5.54 Å². The Morgan fingerprint density at radius 3 is 2.95 bits per heavy atom. The molecule has 0 saturated heterocycles. The van der Waals surface area contributed by atoms with Gasteiger partial charge >= 0.3 is 0 Å². The predicted molar refractivity (Wildman–Crippen MR) is 77.2 cm³/mol. The lowest BCUT2D eigenvalue weighted by atomic mass is 9.76. The summed E-state index contributed by atoms with van der Waals surface area (Å²) in [5.74, 6) is 0.666. The van der Waals surface area contributed by atoms with Crippen molar-refractivity contribution in [3.8, 4) is 0 Å². The van der Waals surface area contributed by atoms with E-state index in [9.17, 15) is 4.79 Å². The highest BCUT2D eigenvalue weighted by Crippen LogP contribution is 2.39. The monoisotopic (exact) mass is 337 g/mol. The average Bonchev–Trinajstić information content (AvgIpc) is 3.02. The van der Waals surface area contributed by atoms with Crippen LogP contribution in [0.15, 0.2) is 23.1 Å². The van der Waals surface area contributed by atoms with Crippen molar-refractivity contribution in [3.05, 3.63) is 34.6 Å². The molecule has 0 atom stereocenters. The molecule has 1 amide bonds. The van der Waals surface area contributed by atoms with Crippen LogP contribution in [-0.2, 0) is 12.1 Å². The van der Waals surface area contributed by atoms with Crippen LogP contribution < -0.4 is 5.32 Å². The molecule has 0 bridgehead atoms. The number of aryl methyl sites for hydroxylation is 1. The largest absolute Gasteiger partial charge is 0.343 e. The zero-order chi connectivity index (χ0) is 14.2. The SMILES string of the molecule is CCn1cc(Br)cc1C(=O)NC1(c2ncn[nH]2)CCC1.